The van der Waals surface area contributed by atoms with Crippen LogP contribution in [0.25, 0.3) is 0 Å². The zero-order valence-corrected chi connectivity index (χ0v) is 13.8. The highest BCUT2D eigenvalue weighted by Crippen LogP contribution is 2.32. The van der Waals surface area contributed by atoms with E-state index in [9.17, 15) is 4.79 Å². The molecule has 0 aromatic carbocycles. The molecule has 0 bridgehead atoms. The lowest BCUT2D eigenvalue weighted by Crippen LogP contribution is -2.52. The lowest BCUT2D eigenvalue weighted by atomic mass is 9.80. The lowest BCUT2D eigenvalue weighted by molar-refractivity contribution is -0.136. The van der Waals surface area contributed by atoms with Crippen molar-refractivity contribution < 1.29 is 4.79 Å². The first kappa shape index (κ1) is 17.8. The molecule has 4 atom stereocenters. The van der Waals surface area contributed by atoms with Gasteiger partial charge in [0.25, 0.3) is 0 Å². The second-order valence-corrected chi connectivity index (χ2v) is 6.85. The van der Waals surface area contributed by atoms with Gasteiger partial charge < -0.3 is 10.6 Å². The van der Waals surface area contributed by atoms with Crippen molar-refractivity contribution in [2.75, 3.05) is 6.54 Å². The van der Waals surface area contributed by atoms with E-state index in [4.69, 9.17) is 5.73 Å². The number of nitrogens with two attached hydrogens (primary N) is 1. The van der Waals surface area contributed by atoms with Crippen molar-refractivity contribution in [2.24, 2.45) is 17.6 Å². The number of piperidine rings is 1. The summed E-state index contributed by atoms with van der Waals surface area (Å²) in [6.45, 7) is 5.29. The molecule has 1 saturated carbocycles. The van der Waals surface area contributed by atoms with Crippen molar-refractivity contribution in [1.29, 1.82) is 0 Å². The van der Waals surface area contributed by atoms with Gasteiger partial charge in [-0.15, -0.1) is 12.4 Å². The van der Waals surface area contributed by atoms with E-state index < -0.39 is 0 Å². The molecule has 1 aliphatic carbocycles. The van der Waals surface area contributed by atoms with E-state index in [0.29, 0.717) is 11.8 Å². The molecule has 3 nitrogen and oxygen atoms in total. The average molecular weight is 303 g/mol. The smallest absolute Gasteiger partial charge is 0.223 e. The Balaban J connectivity index is 0.00000200. The van der Waals surface area contributed by atoms with Gasteiger partial charge in [-0.3, -0.25) is 4.79 Å². The monoisotopic (exact) mass is 302 g/mol. The molecule has 1 heterocycles. The standard InChI is InChI=1S/C16H30N2O.ClH/c1-12-6-5-7-14(10-12)11-16(19)18-9-4-3-8-15(18)13(2)17;/h12-15H,3-11,17H2,1-2H3;1H. The number of carbonyl (C=O) groups excluding carboxylic acids is 1. The van der Waals surface area contributed by atoms with Gasteiger partial charge in [0.1, 0.15) is 0 Å². The fourth-order valence-corrected chi connectivity index (χ4v) is 3.92. The highest BCUT2D eigenvalue weighted by molar-refractivity contribution is 5.85. The Morgan fingerprint density at radius 2 is 2.00 bits per heavy atom. The Morgan fingerprint density at radius 1 is 1.25 bits per heavy atom. The molecule has 20 heavy (non-hydrogen) atoms. The van der Waals surface area contributed by atoms with Gasteiger partial charge in [-0.1, -0.05) is 19.8 Å². The largest absolute Gasteiger partial charge is 0.338 e. The molecular weight excluding hydrogens is 272 g/mol. The molecule has 2 fully saturated rings. The molecule has 0 aromatic rings. The second-order valence-electron chi connectivity index (χ2n) is 6.85. The van der Waals surface area contributed by atoms with Crippen LogP contribution in [0.4, 0.5) is 0 Å². The van der Waals surface area contributed by atoms with Crippen LogP contribution in [-0.4, -0.2) is 29.4 Å². The minimum absolute atomic E-state index is 0. The van der Waals surface area contributed by atoms with Crippen molar-refractivity contribution in [1.82, 2.24) is 4.90 Å². The topological polar surface area (TPSA) is 46.3 Å². The zero-order chi connectivity index (χ0) is 13.8. The normalized spacial score (nSPS) is 32.4. The van der Waals surface area contributed by atoms with Gasteiger partial charge in [0.15, 0.2) is 0 Å². The van der Waals surface area contributed by atoms with Gasteiger partial charge >= 0.3 is 0 Å². The predicted octanol–water partition coefficient (Wildman–Crippen LogP) is 3.35. The van der Waals surface area contributed by atoms with Crippen molar-refractivity contribution in [3.8, 4) is 0 Å². The molecule has 2 rings (SSSR count). The van der Waals surface area contributed by atoms with E-state index in [-0.39, 0.29) is 24.5 Å². The van der Waals surface area contributed by atoms with Crippen LogP contribution in [0.3, 0.4) is 0 Å². The third-order valence-corrected chi connectivity index (χ3v) is 4.98. The molecule has 1 amide bonds. The summed E-state index contributed by atoms with van der Waals surface area (Å²) in [6, 6.07) is 0.386. The molecule has 118 valence electrons. The quantitative estimate of drug-likeness (QED) is 0.869. The van der Waals surface area contributed by atoms with E-state index in [1.165, 1.54) is 32.1 Å². The van der Waals surface area contributed by atoms with Crippen molar-refractivity contribution in [3.05, 3.63) is 0 Å². The van der Waals surface area contributed by atoms with Gasteiger partial charge in [0, 0.05) is 25.0 Å². The summed E-state index contributed by atoms with van der Waals surface area (Å²) in [7, 11) is 0. The van der Waals surface area contributed by atoms with Crippen LogP contribution in [0.15, 0.2) is 0 Å². The summed E-state index contributed by atoms with van der Waals surface area (Å²) in [5, 5.41) is 0. The number of hydrogen-bond donors (Lipinski definition) is 1. The van der Waals surface area contributed by atoms with E-state index in [1.807, 2.05) is 6.92 Å². The molecule has 2 aliphatic rings. The number of amides is 1. The fraction of sp³-hybridized carbons (Fsp3) is 0.938. The van der Waals surface area contributed by atoms with E-state index in [0.717, 1.165) is 31.7 Å². The van der Waals surface area contributed by atoms with Crippen LogP contribution in [0.5, 0.6) is 0 Å². The van der Waals surface area contributed by atoms with Crippen LogP contribution in [0.1, 0.15) is 65.2 Å². The zero-order valence-electron chi connectivity index (χ0n) is 13.0. The van der Waals surface area contributed by atoms with E-state index in [1.54, 1.807) is 0 Å². The first-order valence-electron chi connectivity index (χ1n) is 8.13. The molecule has 4 unspecified atom stereocenters. The molecule has 4 heteroatoms. The van der Waals surface area contributed by atoms with Gasteiger partial charge in [-0.05, 0) is 50.9 Å². The molecule has 0 radical (unpaired) electrons. The van der Waals surface area contributed by atoms with Crippen LogP contribution in [0, 0.1) is 11.8 Å². The Morgan fingerprint density at radius 3 is 2.65 bits per heavy atom. The number of carbonyl (C=O) groups is 1. The van der Waals surface area contributed by atoms with Crippen molar-refractivity contribution in [2.45, 2.75) is 77.3 Å². The Hall–Kier alpha value is -0.280. The summed E-state index contributed by atoms with van der Waals surface area (Å²) >= 11 is 0. The summed E-state index contributed by atoms with van der Waals surface area (Å²) in [5.41, 5.74) is 6.06. The highest BCUT2D eigenvalue weighted by Gasteiger charge is 2.31. The van der Waals surface area contributed by atoms with E-state index in [2.05, 4.69) is 11.8 Å². The Labute approximate surface area is 130 Å². The van der Waals surface area contributed by atoms with Crippen LogP contribution in [-0.2, 0) is 4.79 Å². The first-order valence-corrected chi connectivity index (χ1v) is 8.13. The number of likely N-dealkylation sites (tertiary alicyclic amines) is 1. The number of nitrogens with zero attached hydrogens (tertiary/aromatic N) is 1. The van der Waals surface area contributed by atoms with Gasteiger partial charge in [-0.25, -0.2) is 0 Å². The van der Waals surface area contributed by atoms with Gasteiger partial charge in [0.2, 0.25) is 5.91 Å². The molecule has 2 N–H and O–H groups in total. The Bertz CT molecular complexity index is 309. The SMILES string of the molecule is CC1CCCC(CC(=O)N2CCCCC2C(C)N)C1.Cl. The van der Waals surface area contributed by atoms with Crippen LogP contribution in [0.2, 0.25) is 0 Å². The second kappa shape index (κ2) is 8.23. The molecule has 0 spiro atoms. The summed E-state index contributed by atoms with van der Waals surface area (Å²) in [6.07, 6.45) is 9.34. The minimum Gasteiger partial charge on any atom is -0.338 e. The number of halogens is 1. The maximum absolute atomic E-state index is 12.6. The summed E-state index contributed by atoms with van der Waals surface area (Å²) in [4.78, 5) is 14.6. The highest BCUT2D eigenvalue weighted by atomic mass is 35.5. The van der Waals surface area contributed by atoms with Gasteiger partial charge in [-0.2, -0.15) is 0 Å². The lowest BCUT2D eigenvalue weighted by Gasteiger charge is -2.39. The summed E-state index contributed by atoms with van der Waals surface area (Å²) in [5.74, 6) is 1.78. The third-order valence-electron chi connectivity index (χ3n) is 4.98. The molecular formula is C16H31ClN2O. The average Bonchev–Trinajstić information content (AvgIpc) is 2.38. The molecule has 1 saturated heterocycles. The van der Waals surface area contributed by atoms with Gasteiger partial charge in [0.05, 0.1) is 0 Å². The van der Waals surface area contributed by atoms with Crippen LogP contribution >= 0.6 is 12.4 Å². The Kier molecular flexibility index (Phi) is 7.32. The maximum Gasteiger partial charge on any atom is 0.223 e. The number of hydrogen-bond acceptors (Lipinski definition) is 2. The van der Waals surface area contributed by atoms with Crippen LogP contribution < -0.4 is 5.73 Å². The molecule has 1 aliphatic heterocycles. The van der Waals surface area contributed by atoms with E-state index >= 15 is 0 Å². The van der Waals surface area contributed by atoms with Crippen molar-refractivity contribution >= 4 is 18.3 Å². The number of rotatable bonds is 3. The minimum atomic E-state index is 0. The first-order chi connectivity index (χ1) is 9.08. The maximum atomic E-state index is 12.6. The third kappa shape index (κ3) is 4.63. The molecule has 0 aromatic heterocycles. The predicted molar refractivity (Wildman–Crippen MR) is 86.0 cm³/mol. The fourth-order valence-electron chi connectivity index (χ4n) is 3.92. The summed E-state index contributed by atoms with van der Waals surface area (Å²) < 4.78 is 0. The van der Waals surface area contributed by atoms with Crippen molar-refractivity contribution in [3.63, 3.8) is 0 Å².